The van der Waals surface area contributed by atoms with E-state index in [1.165, 1.54) is 6.92 Å². The van der Waals surface area contributed by atoms with Crippen LogP contribution in [0.1, 0.15) is 6.92 Å². The van der Waals surface area contributed by atoms with Gasteiger partial charge < -0.3 is 5.32 Å². The number of piperazine rings is 1. The van der Waals surface area contributed by atoms with Crippen molar-refractivity contribution in [3.05, 3.63) is 0 Å². The van der Waals surface area contributed by atoms with Gasteiger partial charge in [-0.15, -0.1) is 0 Å². The van der Waals surface area contributed by atoms with Gasteiger partial charge in [-0.05, 0) is 14.0 Å². The topological polar surface area (TPSA) is 49.4 Å². The molecule has 1 N–H and O–H groups in total. The number of carbonyl (C=O) groups is 2. The standard InChI is InChI=1S/C7H12N2O2/c1-5(10)6-7(11)8-3-4-9(6)2/h6H,3-4H2,1-2H3,(H,8,11). The lowest BCUT2D eigenvalue weighted by Gasteiger charge is -2.29. The minimum Gasteiger partial charge on any atom is -0.353 e. The van der Waals surface area contributed by atoms with Crippen molar-refractivity contribution in [2.75, 3.05) is 20.1 Å². The van der Waals surface area contributed by atoms with E-state index in [1.807, 2.05) is 0 Å². The number of amides is 1. The number of nitrogens with zero attached hydrogens (tertiary/aromatic N) is 1. The molecule has 1 aliphatic heterocycles. The molecule has 1 atom stereocenters. The molecular formula is C7H12N2O2. The molecule has 0 radical (unpaired) electrons. The summed E-state index contributed by atoms with van der Waals surface area (Å²) < 4.78 is 0. The molecule has 0 aromatic carbocycles. The van der Waals surface area contributed by atoms with Gasteiger partial charge in [-0.25, -0.2) is 0 Å². The fourth-order valence-electron chi connectivity index (χ4n) is 1.28. The van der Waals surface area contributed by atoms with Gasteiger partial charge in [0.15, 0.2) is 5.78 Å². The smallest absolute Gasteiger partial charge is 0.245 e. The lowest BCUT2D eigenvalue weighted by molar-refractivity contribution is -0.136. The molecule has 0 bridgehead atoms. The number of carbonyl (C=O) groups excluding carboxylic acids is 2. The highest BCUT2D eigenvalue weighted by atomic mass is 16.2. The van der Waals surface area contributed by atoms with Crippen LogP contribution in [0.25, 0.3) is 0 Å². The lowest BCUT2D eigenvalue weighted by atomic mass is 10.1. The Morgan fingerprint density at radius 2 is 2.36 bits per heavy atom. The van der Waals surface area contributed by atoms with Crippen LogP contribution in [-0.2, 0) is 9.59 Å². The minimum absolute atomic E-state index is 0.0929. The van der Waals surface area contributed by atoms with E-state index in [-0.39, 0.29) is 11.7 Å². The summed E-state index contributed by atoms with van der Waals surface area (Å²) in [4.78, 5) is 23.8. The van der Waals surface area contributed by atoms with Crippen LogP contribution in [-0.4, -0.2) is 42.8 Å². The largest absolute Gasteiger partial charge is 0.353 e. The third-order valence-electron chi connectivity index (χ3n) is 1.84. The number of ketones is 1. The summed E-state index contributed by atoms with van der Waals surface area (Å²) in [7, 11) is 1.78. The van der Waals surface area contributed by atoms with Crippen molar-refractivity contribution >= 4 is 11.7 Å². The second kappa shape index (κ2) is 3.00. The zero-order chi connectivity index (χ0) is 8.43. The summed E-state index contributed by atoms with van der Waals surface area (Å²) in [5.74, 6) is -0.268. The van der Waals surface area contributed by atoms with Crippen molar-refractivity contribution in [3.8, 4) is 0 Å². The maximum Gasteiger partial charge on any atom is 0.245 e. The van der Waals surface area contributed by atoms with Gasteiger partial charge in [-0.3, -0.25) is 14.5 Å². The van der Waals surface area contributed by atoms with Gasteiger partial charge in [0.2, 0.25) is 5.91 Å². The van der Waals surface area contributed by atoms with Gasteiger partial charge in [0.1, 0.15) is 6.04 Å². The SMILES string of the molecule is CC(=O)C1C(=O)NCCN1C. The Morgan fingerprint density at radius 1 is 1.73 bits per heavy atom. The van der Waals surface area contributed by atoms with Gasteiger partial charge >= 0.3 is 0 Å². The van der Waals surface area contributed by atoms with Crippen LogP contribution in [0.15, 0.2) is 0 Å². The van der Waals surface area contributed by atoms with Gasteiger partial charge in [0.05, 0.1) is 0 Å². The second-order valence-corrected chi connectivity index (χ2v) is 2.78. The Balaban J connectivity index is 2.70. The van der Waals surface area contributed by atoms with E-state index in [0.717, 1.165) is 6.54 Å². The van der Waals surface area contributed by atoms with E-state index < -0.39 is 6.04 Å². The fraction of sp³-hybridized carbons (Fsp3) is 0.714. The molecule has 0 aromatic rings. The monoisotopic (exact) mass is 156 g/mol. The molecule has 1 heterocycles. The molecule has 1 saturated heterocycles. The molecule has 62 valence electrons. The van der Waals surface area contributed by atoms with Crippen molar-refractivity contribution in [2.45, 2.75) is 13.0 Å². The van der Waals surface area contributed by atoms with Crippen LogP contribution >= 0.6 is 0 Å². The average Bonchev–Trinajstić information content (AvgIpc) is 1.85. The van der Waals surface area contributed by atoms with Crippen LogP contribution in [0.2, 0.25) is 0 Å². The first-order chi connectivity index (χ1) is 5.13. The van der Waals surface area contributed by atoms with Crippen molar-refractivity contribution in [2.24, 2.45) is 0 Å². The van der Waals surface area contributed by atoms with Crippen molar-refractivity contribution in [1.82, 2.24) is 10.2 Å². The van der Waals surface area contributed by atoms with E-state index in [9.17, 15) is 9.59 Å². The highest BCUT2D eigenvalue weighted by Crippen LogP contribution is 2.01. The van der Waals surface area contributed by atoms with E-state index in [0.29, 0.717) is 6.54 Å². The quantitative estimate of drug-likeness (QED) is 0.496. The van der Waals surface area contributed by atoms with Crippen molar-refractivity contribution < 1.29 is 9.59 Å². The van der Waals surface area contributed by atoms with Gasteiger partial charge in [-0.2, -0.15) is 0 Å². The Hall–Kier alpha value is -0.900. The first kappa shape index (κ1) is 8.20. The van der Waals surface area contributed by atoms with Crippen LogP contribution in [0, 0.1) is 0 Å². The molecular weight excluding hydrogens is 144 g/mol. The van der Waals surface area contributed by atoms with Crippen LogP contribution in [0.5, 0.6) is 0 Å². The molecule has 0 aromatic heterocycles. The molecule has 1 fully saturated rings. The predicted molar refractivity (Wildman–Crippen MR) is 40.1 cm³/mol. The summed E-state index contributed by atoms with van der Waals surface area (Å²) >= 11 is 0. The highest BCUT2D eigenvalue weighted by molar-refractivity contribution is 6.04. The summed E-state index contributed by atoms with van der Waals surface area (Å²) in [6.45, 7) is 2.82. The van der Waals surface area contributed by atoms with E-state index in [2.05, 4.69) is 5.32 Å². The van der Waals surface area contributed by atoms with Gasteiger partial charge in [0, 0.05) is 13.1 Å². The third kappa shape index (κ3) is 1.57. The number of Topliss-reactive ketones (excluding diaryl/α,β-unsaturated/α-hetero) is 1. The van der Waals surface area contributed by atoms with Gasteiger partial charge in [-0.1, -0.05) is 0 Å². The number of nitrogens with one attached hydrogen (secondary N) is 1. The van der Waals surface area contributed by atoms with E-state index in [1.54, 1.807) is 11.9 Å². The minimum atomic E-state index is -0.566. The predicted octanol–water partition coefficient (Wildman–Crippen LogP) is -0.994. The first-order valence-corrected chi connectivity index (χ1v) is 3.61. The lowest BCUT2D eigenvalue weighted by Crippen LogP contribution is -2.56. The zero-order valence-electron chi connectivity index (χ0n) is 6.76. The molecule has 0 saturated carbocycles. The first-order valence-electron chi connectivity index (χ1n) is 3.61. The fourth-order valence-corrected chi connectivity index (χ4v) is 1.28. The molecule has 1 amide bonds. The Labute approximate surface area is 65.6 Å². The van der Waals surface area contributed by atoms with Crippen LogP contribution in [0.3, 0.4) is 0 Å². The average molecular weight is 156 g/mol. The van der Waals surface area contributed by atoms with Crippen molar-refractivity contribution in [3.63, 3.8) is 0 Å². The van der Waals surface area contributed by atoms with E-state index >= 15 is 0 Å². The zero-order valence-corrected chi connectivity index (χ0v) is 6.76. The molecule has 0 aliphatic carbocycles. The molecule has 4 nitrogen and oxygen atoms in total. The maximum absolute atomic E-state index is 11.1. The third-order valence-corrected chi connectivity index (χ3v) is 1.84. The van der Waals surface area contributed by atoms with Gasteiger partial charge in [0.25, 0.3) is 0 Å². The summed E-state index contributed by atoms with van der Waals surface area (Å²) in [5, 5.41) is 2.64. The number of hydrogen-bond donors (Lipinski definition) is 1. The molecule has 4 heteroatoms. The molecule has 11 heavy (non-hydrogen) atoms. The van der Waals surface area contributed by atoms with E-state index in [4.69, 9.17) is 0 Å². The Morgan fingerprint density at radius 3 is 2.73 bits per heavy atom. The Kier molecular flexibility index (Phi) is 2.24. The Bertz CT molecular complexity index is 191. The normalized spacial score (nSPS) is 26.4. The van der Waals surface area contributed by atoms with Crippen molar-refractivity contribution in [1.29, 1.82) is 0 Å². The summed E-state index contributed by atoms with van der Waals surface area (Å²) in [5.41, 5.74) is 0. The second-order valence-electron chi connectivity index (χ2n) is 2.78. The number of likely N-dealkylation sites (N-methyl/N-ethyl adjacent to an activating group) is 1. The van der Waals surface area contributed by atoms with Crippen LogP contribution in [0.4, 0.5) is 0 Å². The summed E-state index contributed by atoms with van der Waals surface area (Å²) in [6, 6.07) is -0.566. The highest BCUT2D eigenvalue weighted by Gasteiger charge is 2.30. The molecule has 0 spiro atoms. The summed E-state index contributed by atoms with van der Waals surface area (Å²) in [6.07, 6.45) is 0. The number of rotatable bonds is 1. The maximum atomic E-state index is 11.1. The molecule has 1 rings (SSSR count). The number of hydrogen-bond acceptors (Lipinski definition) is 3. The molecule has 1 unspecified atom stereocenters. The molecule has 1 aliphatic rings. The van der Waals surface area contributed by atoms with Crippen LogP contribution < -0.4 is 5.32 Å².